The molecule has 2 nitrogen and oxygen atoms in total. The summed E-state index contributed by atoms with van der Waals surface area (Å²) in [5.74, 6) is 0. The number of rotatable bonds is 8. The number of nitrogens with zero attached hydrogens (tertiary/aromatic N) is 2. The van der Waals surface area contributed by atoms with Crippen LogP contribution >= 0.6 is 0 Å². The van der Waals surface area contributed by atoms with E-state index in [4.69, 9.17) is 0 Å². The number of aromatic nitrogens is 1. The lowest BCUT2D eigenvalue weighted by Gasteiger charge is -2.27. The minimum atomic E-state index is 0.935. The van der Waals surface area contributed by atoms with E-state index in [9.17, 15) is 0 Å². The summed E-state index contributed by atoms with van der Waals surface area (Å²) in [6.45, 7) is 2.25. The minimum Gasteiger partial charge on any atom is -0.310 e. The molecular weight excluding hydrogens is 629 g/mol. The Morgan fingerprint density at radius 1 is 0.385 bits per heavy atom. The maximum atomic E-state index is 2.37. The van der Waals surface area contributed by atoms with Gasteiger partial charge in [0.2, 0.25) is 0 Å². The average molecular weight is 667 g/mol. The summed E-state index contributed by atoms with van der Waals surface area (Å²) < 4.78 is 2.37. The van der Waals surface area contributed by atoms with Crippen LogP contribution in [0, 0.1) is 0 Å². The fraction of sp³-hybridized carbons (Fsp3) is 0.0400. The Kier molecular flexibility index (Phi) is 8.19. The van der Waals surface area contributed by atoms with Crippen molar-refractivity contribution in [3.63, 3.8) is 0 Å². The first kappa shape index (κ1) is 31.3. The van der Waals surface area contributed by atoms with E-state index < -0.39 is 0 Å². The molecule has 0 fully saturated rings. The molecule has 0 saturated heterocycles. The van der Waals surface area contributed by atoms with E-state index in [1.807, 2.05) is 0 Å². The first-order valence-corrected chi connectivity index (χ1v) is 18.1. The minimum absolute atomic E-state index is 0.935. The molecule has 0 atom stereocenters. The predicted octanol–water partition coefficient (Wildman–Crippen LogP) is 13.8. The molecule has 1 aromatic heterocycles. The number of anilines is 3. The van der Waals surface area contributed by atoms with Crippen molar-refractivity contribution in [2.24, 2.45) is 0 Å². The van der Waals surface area contributed by atoms with E-state index in [1.165, 1.54) is 66.4 Å². The standard InChI is InChI=1S/C50H38N2/c1-2-36-35-45(51(42-15-7-4-8-16-42)43-29-25-39(26-30-43)37-13-5-3-6-14-37)33-34-46(36)41-23-21-38(22-24-41)40-27-31-44(32-28-40)52-49-19-11-9-17-47(49)48-18-10-12-20-50(48)52/h3-35H,2H2,1H3. The van der Waals surface area contributed by atoms with Gasteiger partial charge in [-0.15, -0.1) is 0 Å². The van der Waals surface area contributed by atoms with Crippen LogP contribution in [0.25, 0.3) is 60.9 Å². The van der Waals surface area contributed by atoms with Gasteiger partial charge in [0.25, 0.3) is 0 Å². The van der Waals surface area contributed by atoms with E-state index in [0.717, 1.165) is 23.5 Å². The van der Waals surface area contributed by atoms with Crippen molar-refractivity contribution < 1.29 is 0 Å². The molecule has 0 radical (unpaired) electrons. The van der Waals surface area contributed by atoms with Crippen LogP contribution in [0.15, 0.2) is 200 Å². The summed E-state index contributed by atoms with van der Waals surface area (Å²) >= 11 is 0. The molecule has 248 valence electrons. The lowest BCUT2D eigenvalue weighted by molar-refractivity contribution is 1.13. The molecule has 2 heteroatoms. The van der Waals surface area contributed by atoms with Crippen molar-refractivity contribution in [3.8, 4) is 39.1 Å². The fourth-order valence-electron chi connectivity index (χ4n) is 7.60. The van der Waals surface area contributed by atoms with Crippen molar-refractivity contribution in [1.82, 2.24) is 4.57 Å². The third-order valence-electron chi connectivity index (χ3n) is 10.2. The normalized spacial score (nSPS) is 11.2. The highest BCUT2D eigenvalue weighted by Gasteiger charge is 2.16. The number of fused-ring (bicyclic) bond motifs is 3. The molecule has 0 spiro atoms. The predicted molar refractivity (Wildman–Crippen MR) is 221 cm³/mol. The Balaban J connectivity index is 1.01. The van der Waals surface area contributed by atoms with Crippen LogP contribution in [0.1, 0.15) is 12.5 Å². The quantitative estimate of drug-likeness (QED) is 0.157. The van der Waals surface area contributed by atoms with Gasteiger partial charge >= 0.3 is 0 Å². The molecule has 8 aromatic carbocycles. The summed E-state index contributed by atoms with van der Waals surface area (Å²) in [6, 6.07) is 72.3. The van der Waals surface area contributed by atoms with E-state index in [2.05, 4.69) is 217 Å². The number of para-hydroxylation sites is 3. The molecule has 0 aliphatic rings. The van der Waals surface area contributed by atoms with Gasteiger partial charge < -0.3 is 9.47 Å². The molecule has 9 rings (SSSR count). The van der Waals surface area contributed by atoms with Crippen LogP contribution in [-0.2, 0) is 6.42 Å². The van der Waals surface area contributed by atoms with Gasteiger partial charge in [-0.1, -0.05) is 146 Å². The van der Waals surface area contributed by atoms with Crippen molar-refractivity contribution in [1.29, 1.82) is 0 Å². The highest BCUT2D eigenvalue weighted by atomic mass is 15.1. The summed E-state index contributed by atoms with van der Waals surface area (Å²) in [5, 5.41) is 2.56. The van der Waals surface area contributed by atoms with Crippen molar-refractivity contribution >= 4 is 38.9 Å². The van der Waals surface area contributed by atoms with Gasteiger partial charge in [0.1, 0.15) is 0 Å². The molecule has 52 heavy (non-hydrogen) atoms. The fourth-order valence-corrected chi connectivity index (χ4v) is 7.60. The molecule has 0 amide bonds. The summed E-state index contributed by atoms with van der Waals surface area (Å²) in [5.41, 5.74) is 15.7. The first-order chi connectivity index (χ1) is 25.7. The second kappa shape index (κ2) is 13.6. The third kappa shape index (κ3) is 5.75. The van der Waals surface area contributed by atoms with Gasteiger partial charge in [-0.05, 0) is 106 Å². The van der Waals surface area contributed by atoms with E-state index in [1.54, 1.807) is 0 Å². The Hall–Kier alpha value is -6.64. The first-order valence-electron chi connectivity index (χ1n) is 18.1. The molecular formula is C50H38N2. The van der Waals surface area contributed by atoms with Gasteiger partial charge in [-0.25, -0.2) is 0 Å². The lowest BCUT2D eigenvalue weighted by atomic mass is 9.95. The topological polar surface area (TPSA) is 8.17 Å². The van der Waals surface area contributed by atoms with Crippen LogP contribution in [0.2, 0.25) is 0 Å². The van der Waals surface area contributed by atoms with Crippen LogP contribution in [-0.4, -0.2) is 4.57 Å². The van der Waals surface area contributed by atoms with E-state index in [-0.39, 0.29) is 0 Å². The molecule has 0 unspecified atom stereocenters. The molecule has 1 heterocycles. The van der Waals surface area contributed by atoms with Gasteiger partial charge in [0, 0.05) is 33.5 Å². The summed E-state index contributed by atoms with van der Waals surface area (Å²) in [7, 11) is 0. The summed E-state index contributed by atoms with van der Waals surface area (Å²) in [6.07, 6.45) is 0.935. The van der Waals surface area contributed by atoms with Gasteiger partial charge in [0.05, 0.1) is 11.0 Å². The Morgan fingerprint density at radius 2 is 0.827 bits per heavy atom. The lowest BCUT2D eigenvalue weighted by Crippen LogP contribution is -2.10. The van der Waals surface area contributed by atoms with E-state index in [0.29, 0.717) is 0 Å². The number of benzene rings is 8. The Bertz CT molecular complexity index is 2560. The molecule has 0 aliphatic carbocycles. The van der Waals surface area contributed by atoms with Crippen molar-refractivity contribution in [3.05, 3.63) is 206 Å². The summed E-state index contributed by atoms with van der Waals surface area (Å²) in [4.78, 5) is 2.35. The zero-order valence-electron chi connectivity index (χ0n) is 29.2. The van der Waals surface area contributed by atoms with Gasteiger partial charge in [0.15, 0.2) is 0 Å². The van der Waals surface area contributed by atoms with Crippen LogP contribution < -0.4 is 4.90 Å². The monoisotopic (exact) mass is 666 g/mol. The Labute approximate surface area is 305 Å². The largest absolute Gasteiger partial charge is 0.310 e. The van der Waals surface area contributed by atoms with Crippen molar-refractivity contribution in [2.75, 3.05) is 4.90 Å². The third-order valence-corrected chi connectivity index (χ3v) is 10.2. The number of hydrogen-bond donors (Lipinski definition) is 0. The number of hydrogen-bond acceptors (Lipinski definition) is 1. The Morgan fingerprint density at radius 3 is 1.42 bits per heavy atom. The average Bonchev–Trinajstić information content (AvgIpc) is 3.56. The second-order valence-corrected chi connectivity index (χ2v) is 13.3. The zero-order chi connectivity index (χ0) is 34.9. The van der Waals surface area contributed by atoms with Crippen LogP contribution in [0.3, 0.4) is 0 Å². The molecule has 0 aliphatic heterocycles. The molecule has 0 N–H and O–H groups in total. The molecule has 0 saturated carbocycles. The molecule has 0 bridgehead atoms. The van der Waals surface area contributed by atoms with Gasteiger partial charge in [-0.3, -0.25) is 0 Å². The maximum Gasteiger partial charge on any atom is 0.0541 e. The molecule has 9 aromatic rings. The highest BCUT2D eigenvalue weighted by molar-refractivity contribution is 6.09. The van der Waals surface area contributed by atoms with Gasteiger partial charge in [-0.2, -0.15) is 0 Å². The van der Waals surface area contributed by atoms with Crippen LogP contribution in [0.5, 0.6) is 0 Å². The smallest absolute Gasteiger partial charge is 0.0541 e. The number of aryl methyl sites for hydroxylation is 1. The van der Waals surface area contributed by atoms with Crippen LogP contribution in [0.4, 0.5) is 17.1 Å². The van der Waals surface area contributed by atoms with Crippen molar-refractivity contribution in [2.45, 2.75) is 13.3 Å². The van der Waals surface area contributed by atoms with E-state index >= 15 is 0 Å². The second-order valence-electron chi connectivity index (χ2n) is 13.3. The SMILES string of the molecule is CCc1cc(N(c2ccccc2)c2ccc(-c3ccccc3)cc2)ccc1-c1ccc(-c2ccc(-n3c4ccccc4c4ccccc43)cc2)cc1. The maximum absolute atomic E-state index is 2.37. The highest BCUT2D eigenvalue weighted by Crippen LogP contribution is 2.39. The zero-order valence-corrected chi connectivity index (χ0v) is 29.2.